The normalized spacial score (nSPS) is 10.8. The van der Waals surface area contributed by atoms with Crippen molar-refractivity contribution in [3.8, 4) is 0 Å². The molecule has 0 N–H and O–H groups in total. The van der Waals surface area contributed by atoms with Crippen molar-refractivity contribution in [3.05, 3.63) is 18.2 Å². The quantitative estimate of drug-likeness (QED) is 0.665. The summed E-state index contributed by atoms with van der Waals surface area (Å²) in [5.41, 5.74) is 0. The Morgan fingerprint density at radius 1 is 1.62 bits per heavy atom. The topological polar surface area (TPSA) is 34.9 Å². The molecule has 1 aromatic rings. The first-order chi connectivity index (χ1) is 6.15. The maximum absolute atomic E-state index is 11.6. The van der Waals surface area contributed by atoms with Crippen LogP contribution in [0.4, 0.5) is 0 Å². The highest BCUT2D eigenvalue weighted by molar-refractivity contribution is 5.92. The molecule has 0 atom stereocenters. The number of Topliss-reactive ketones (excluding diaryl/α,β-unsaturated/α-hetero) is 1. The van der Waals surface area contributed by atoms with Gasteiger partial charge in [0.1, 0.15) is 0 Å². The standard InChI is InChI=1S/C10H16N2O/c1-4-12-6-5-11-10(12)9(13)7-8(2)3/h5-6,8H,4,7H2,1-3H3. The molecule has 0 spiro atoms. The van der Waals surface area contributed by atoms with Gasteiger partial charge in [-0.15, -0.1) is 0 Å². The summed E-state index contributed by atoms with van der Waals surface area (Å²) < 4.78 is 1.88. The largest absolute Gasteiger partial charge is 0.329 e. The number of carbonyl (C=O) groups is 1. The number of nitrogens with zero attached hydrogens (tertiary/aromatic N) is 2. The van der Waals surface area contributed by atoms with E-state index < -0.39 is 0 Å². The van der Waals surface area contributed by atoms with Crippen molar-refractivity contribution in [2.24, 2.45) is 5.92 Å². The Morgan fingerprint density at radius 2 is 2.31 bits per heavy atom. The molecule has 0 aliphatic carbocycles. The SMILES string of the molecule is CCn1ccnc1C(=O)CC(C)C. The molecule has 0 saturated heterocycles. The lowest BCUT2D eigenvalue weighted by Crippen LogP contribution is -2.11. The van der Waals surface area contributed by atoms with Crippen LogP contribution in [0.5, 0.6) is 0 Å². The second-order valence-corrected chi connectivity index (χ2v) is 3.56. The van der Waals surface area contributed by atoms with Crippen LogP contribution in [0.15, 0.2) is 12.4 Å². The number of hydrogen-bond donors (Lipinski definition) is 0. The molecule has 1 heterocycles. The minimum Gasteiger partial charge on any atom is -0.329 e. The van der Waals surface area contributed by atoms with Gasteiger partial charge in [-0.3, -0.25) is 4.79 Å². The molecule has 0 amide bonds. The smallest absolute Gasteiger partial charge is 0.198 e. The second kappa shape index (κ2) is 4.21. The highest BCUT2D eigenvalue weighted by atomic mass is 16.1. The van der Waals surface area contributed by atoms with Crippen molar-refractivity contribution in [3.63, 3.8) is 0 Å². The van der Waals surface area contributed by atoms with E-state index in [1.165, 1.54) is 0 Å². The van der Waals surface area contributed by atoms with Crippen LogP contribution in [0.1, 0.15) is 37.8 Å². The minimum atomic E-state index is 0.141. The summed E-state index contributed by atoms with van der Waals surface area (Å²) in [5, 5.41) is 0. The number of ketones is 1. The first kappa shape index (κ1) is 9.96. The summed E-state index contributed by atoms with van der Waals surface area (Å²) in [6.07, 6.45) is 4.10. The molecule has 0 aliphatic heterocycles. The van der Waals surface area contributed by atoms with Gasteiger partial charge >= 0.3 is 0 Å². The molecular weight excluding hydrogens is 164 g/mol. The third kappa shape index (κ3) is 2.41. The summed E-state index contributed by atoms with van der Waals surface area (Å²) in [5.74, 6) is 1.13. The lowest BCUT2D eigenvalue weighted by molar-refractivity contribution is 0.0953. The van der Waals surface area contributed by atoms with Crippen LogP contribution in [0.3, 0.4) is 0 Å². The molecule has 0 saturated carbocycles. The average Bonchev–Trinajstić information content (AvgIpc) is 2.49. The number of carbonyl (C=O) groups excluding carboxylic acids is 1. The van der Waals surface area contributed by atoms with Crippen molar-refractivity contribution in [2.45, 2.75) is 33.7 Å². The lowest BCUT2D eigenvalue weighted by Gasteiger charge is -2.05. The Balaban J connectivity index is 2.76. The fourth-order valence-electron chi connectivity index (χ4n) is 1.28. The average molecular weight is 180 g/mol. The van der Waals surface area contributed by atoms with Crippen LogP contribution >= 0.6 is 0 Å². The van der Waals surface area contributed by atoms with E-state index in [2.05, 4.69) is 4.98 Å². The van der Waals surface area contributed by atoms with E-state index >= 15 is 0 Å². The Labute approximate surface area is 78.8 Å². The molecule has 0 radical (unpaired) electrons. The Morgan fingerprint density at radius 3 is 2.85 bits per heavy atom. The molecule has 1 aromatic heterocycles. The van der Waals surface area contributed by atoms with Crippen molar-refractivity contribution in [1.82, 2.24) is 9.55 Å². The Bertz CT molecular complexity index is 289. The molecule has 0 aromatic carbocycles. The van der Waals surface area contributed by atoms with Crippen LogP contribution in [0, 0.1) is 5.92 Å². The highest BCUT2D eigenvalue weighted by Crippen LogP contribution is 2.07. The molecule has 1 rings (SSSR count). The molecule has 72 valence electrons. The maximum atomic E-state index is 11.6. The number of rotatable bonds is 4. The van der Waals surface area contributed by atoms with E-state index in [1.54, 1.807) is 6.20 Å². The van der Waals surface area contributed by atoms with Crippen LogP contribution in [-0.4, -0.2) is 15.3 Å². The van der Waals surface area contributed by atoms with E-state index in [-0.39, 0.29) is 5.78 Å². The predicted molar refractivity (Wildman–Crippen MR) is 51.7 cm³/mol. The van der Waals surface area contributed by atoms with E-state index in [0.717, 1.165) is 6.54 Å². The number of aryl methyl sites for hydroxylation is 1. The van der Waals surface area contributed by atoms with Crippen LogP contribution in [0.25, 0.3) is 0 Å². The minimum absolute atomic E-state index is 0.141. The molecule has 0 fully saturated rings. The van der Waals surface area contributed by atoms with Crippen LogP contribution in [0.2, 0.25) is 0 Å². The van der Waals surface area contributed by atoms with Gasteiger partial charge in [0.2, 0.25) is 0 Å². The second-order valence-electron chi connectivity index (χ2n) is 3.56. The Kier molecular flexibility index (Phi) is 3.23. The van der Waals surface area contributed by atoms with Gasteiger partial charge in [-0.05, 0) is 12.8 Å². The zero-order valence-corrected chi connectivity index (χ0v) is 8.45. The number of aromatic nitrogens is 2. The van der Waals surface area contributed by atoms with Gasteiger partial charge in [0.25, 0.3) is 0 Å². The van der Waals surface area contributed by atoms with E-state index in [1.807, 2.05) is 31.5 Å². The molecular formula is C10H16N2O. The van der Waals surface area contributed by atoms with E-state index in [0.29, 0.717) is 18.2 Å². The van der Waals surface area contributed by atoms with Gasteiger partial charge < -0.3 is 4.57 Å². The fraction of sp³-hybridized carbons (Fsp3) is 0.600. The molecule has 0 bridgehead atoms. The van der Waals surface area contributed by atoms with Gasteiger partial charge in [-0.25, -0.2) is 4.98 Å². The summed E-state index contributed by atoms with van der Waals surface area (Å²) in [6.45, 7) is 6.89. The number of imidazole rings is 1. The fourth-order valence-corrected chi connectivity index (χ4v) is 1.28. The summed E-state index contributed by atoms with van der Waals surface area (Å²) in [7, 11) is 0. The predicted octanol–water partition coefficient (Wildman–Crippen LogP) is 2.13. The van der Waals surface area contributed by atoms with Crippen LogP contribution in [-0.2, 0) is 6.54 Å². The summed E-state index contributed by atoms with van der Waals surface area (Å²) in [6, 6.07) is 0. The zero-order valence-electron chi connectivity index (χ0n) is 8.45. The van der Waals surface area contributed by atoms with Gasteiger partial charge in [0, 0.05) is 25.4 Å². The first-order valence-corrected chi connectivity index (χ1v) is 4.69. The van der Waals surface area contributed by atoms with E-state index in [9.17, 15) is 4.79 Å². The number of hydrogen-bond acceptors (Lipinski definition) is 2. The summed E-state index contributed by atoms with van der Waals surface area (Å²) >= 11 is 0. The van der Waals surface area contributed by atoms with Gasteiger partial charge in [0.15, 0.2) is 11.6 Å². The van der Waals surface area contributed by atoms with E-state index in [4.69, 9.17) is 0 Å². The Hall–Kier alpha value is -1.12. The summed E-state index contributed by atoms with van der Waals surface area (Å²) in [4.78, 5) is 15.7. The molecule has 3 nitrogen and oxygen atoms in total. The zero-order chi connectivity index (χ0) is 9.84. The molecule has 0 aliphatic rings. The lowest BCUT2D eigenvalue weighted by atomic mass is 10.1. The third-order valence-electron chi connectivity index (χ3n) is 1.90. The third-order valence-corrected chi connectivity index (χ3v) is 1.90. The van der Waals surface area contributed by atoms with Crippen LogP contribution < -0.4 is 0 Å². The van der Waals surface area contributed by atoms with Gasteiger partial charge in [-0.1, -0.05) is 13.8 Å². The van der Waals surface area contributed by atoms with Crippen molar-refractivity contribution < 1.29 is 4.79 Å². The molecule has 3 heteroatoms. The van der Waals surface area contributed by atoms with Crippen molar-refractivity contribution >= 4 is 5.78 Å². The molecule has 0 unspecified atom stereocenters. The van der Waals surface area contributed by atoms with Crippen molar-refractivity contribution in [2.75, 3.05) is 0 Å². The van der Waals surface area contributed by atoms with Gasteiger partial charge in [-0.2, -0.15) is 0 Å². The van der Waals surface area contributed by atoms with Gasteiger partial charge in [0.05, 0.1) is 0 Å². The highest BCUT2D eigenvalue weighted by Gasteiger charge is 2.12. The maximum Gasteiger partial charge on any atom is 0.198 e. The monoisotopic (exact) mass is 180 g/mol. The van der Waals surface area contributed by atoms with Crippen molar-refractivity contribution in [1.29, 1.82) is 0 Å². The first-order valence-electron chi connectivity index (χ1n) is 4.69. The molecule has 13 heavy (non-hydrogen) atoms.